The molecule has 4 rings (SSSR count). The van der Waals surface area contributed by atoms with Gasteiger partial charge in [-0.1, -0.05) is 20.8 Å². The lowest BCUT2D eigenvalue weighted by Crippen LogP contribution is -2.55. The minimum atomic E-state index is -0.0134. The highest BCUT2D eigenvalue weighted by molar-refractivity contribution is 5.87. The van der Waals surface area contributed by atoms with Gasteiger partial charge in [-0.3, -0.25) is 9.59 Å². The molecular formula is C20H30O2. The smallest absolute Gasteiger partial charge is 0.139 e. The summed E-state index contributed by atoms with van der Waals surface area (Å²) in [6.07, 6.45) is 8.63. The summed E-state index contributed by atoms with van der Waals surface area (Å²) in [7, 11) is 0. The molecule has 1 unspecified atom stereocenters. The van der Waals surface area contributed by atoms with Crippen LogP contribution < -0.4 is 0 Å². The summed E-state index contributed by atoms with van der Waals surface area (Å²) < 4.78 is 0. The quantitative estimate of drug-likeness (QED) is 0.664. The van der Waals surface area contributed by atoms with Crippen LogP contribution >= 0.6 is 0 Å². The van der Waals surface area contributed by atoms with Crippen molar-refractivity contribution in [3.63, 3.8) is 0 Å². The molecule has 22 heavy (non-hydrogen) atoms. The molecule has 0 heterocycles. The van der Waals surface area contributed by atoms with Gasteiger partial charge in [0.05, 0.1) is 0 Å². The van der Waals surface area contributed by atoms with Crippen LogP contribution in [0.1, 0.15) is 72.1 Å². The molecule has 0 aromatic heterocycles. The molecule has 4 fully saturated rings. The number of fused-ring (bicyclic) bond motifs is 5. The average molecular weight is 302 g/mol. The van der Waals surface area contributed by atoms with E-state index in [1.807, 2.05) is 0 Å². The van der Waals surface area contributed by atoms with Crippen molar-refractivity contribution in [1.29, 1.82) is 0 Å². The third-order valence-corrected chi connectivity index (χ3v) is 8.67. The van der Waals surface area contributed by atoms with Crippen LogP contribution in [-0.2, 0) is 9.59 Å². The first kappa shape index (κ1) is 14.9. The first-order valence-electron chi connectivity index (χ1n) is 9.44. The lowest BCUT2D eigenvalue weighted by atomic mass is 9.44. The predicted molar refractivity (Wildman–Crippen MR) is 86.3 cm³/mol. The Bertz CT molecular complexity index is 524. The molecule has 2 nitrogen and oxygen atoms in total. The van der Waals surface area contributed by atoms with E-state index in [9.17, 15) is 9.59 Å². The summed E-state index contributed by atoms with van der Waals surface area (Å²) in [5.41, 5.74) is 0.337. The lowest BCUT2D eigenvalue weighted by Gasteiger charge is -2.60. The Morgan fingerprint density at radius 2 is 1.64 bits per heavy atom. The molecule has 122 valence electrons. The second kappa shape index (κ2) is 4.68. The van der Waals surface area contributed by atoms with Crippen LogP contribution in [0.15, 0.2) is 0 Å². The van der Waals surface area contributed by atoms with Crippen LogP contribution in [-0.4, -0.2) is 11.6 Å². The van der Waals surface area contributed by atoms with Crippen molar-refractivity contribution in [2.45, 2.75) is 72.1 Å². The number of ketones is 2. The second-order valence-electron chi connectivity index (χ2n) is 9.24. The largest absolute Gasteiger partial charge is 0.299 e. The highest BCUT2D eigenvalue weighted by Gasteiger charge is 2.61. The zero-order valence-electron chi connectivity index (χ0n) is 14.4. The van der Waals surface area contributed by atoms with Gasteiger partial charge in [0.1, 0.15) is 11.6 Å². The van der Waals surface area contributed by atoms with Crippen molar-refractivity contribution in [1.82, 2.24) is 0 Å². The first-order chi connectivity index (χ1) is 10.4. The van der Waals surface area contributed by atoms with Crippen LogP contribution in [0.4, 0.5) is 0 Å². The van der Waals surface area contributed by atoms with E-state index in [2.05, 4.69) is 20.8 Å². The summed E-state index contributed by atoms with van der Waals surface area (Å²) in [6, 6.07) is 0. The maximum atomic E-state index is 12.4. The SMILES string of the molecule is CC1C(=O)CC[C@@]2(C)[C@H]1CC[C@@H]1[C@@H]2CC[C@]2(C)C(=O)CC[C@@H]12. The van der Waals surface area contributed by atoms with E-state index in [1.54, 1.807) is 0 Å². The predicted octanol–water partition coefficient (Wildman–Crippen LogP) is 4.41. The van der Waals surface area contributed by atoms with E-state index < -0.39 is 0 Å². The number of Topliss-reactive ketones (excluding diaryl/α,β-unsaturated/α-hetero) is 2. The summed E-state index contributed by atoms with van der Waals surface area (Å²) in [4.78, 5) is 24.6. The molecule has 0 N–H and O–H groups in total. The van der Waals surface area contributed by atoms with Crippen molar-refractivity contribution in [3.05, 3.63) is 0 Å². The van der Waals surface area contributed by atoms with E-state index in [0.717, 1.165) is 43.9 Å². The van der Waals surface area contributed by atoms with Crippen molar-refractivity contribution >= 4 is 11.6 Å². The molecule has 7 atom stereocenters. The van der Waals surface area contributed by atoms with Crippen LogP contribution in [0, 0.1) is 40.4 Å². The molecule has 4 saturated carbocycles. The number of rotatable bonds is 0. The standard InChI is InChI=1S/C20H30O2/c1-12-14-5-4-13-15-6-7-18(22)20(15,3)10-8-16(13)19(14,2)11-9-17(12)21/h12-16H,4-11H2,1-3H3/t12?,13-,14-,15-,16-,19-,20-/m0/s1. The fraction of sp³-hybridized carbons (Fsp3) is 0.900. The summed E-state index contributed by atoms with van der Waals surface area (Å²) in [5.74, 6) is 4.02. The van der Waals surface area contributed by atoms with Crippen LogP contribution in [0.25, 0.3) is 0 Å². The fourth-order valence-electron chi connectivity index (χ4n) is 7.29. The van der Waals surface area contributed by atoms with Gasteiger partial charge in [0.25, 0.3) is 0 Å². The Hall–Kier alpha value is -0.660. The molecule has 4 aliphatic carbocycles. The van der Waals surface area contributed by atoms with Crippen molar-refractivity contribution < 1.29 is 9.59 Å². The van der Waals surface area contributed by atoms with Crippen molar-refractivity contribution in [2.75, 3.05) is 0 Å². The summed E-state index contributed by atoms with van der Waals surface area (Å²) in [5, 5.41) is 0. The van der Waals surface area contributed by atoms with Gasteiger partial charge < -0.3 is 0 Å². The normalized spacial score (nSPS) is 54.6. The van der Waals surface area contributed by atoms with Gasteiger partial charge in [-0.2, -0.15) is 0 Å². The average Bonchev–Trinajstić information content (AvgIpc) is 2.79. The van der Waals surface area contributed by atoms with Gasteiger partial charge in [-0.15, -0.1) is 0 Å². The third kappa shape index (κ3) is 1.73. The van der Waals surface area contributed by atoms with Gasteiger partial charge in [0, 0.05) is 24.2 Å². The third-order valence-electron chi connectivity index (χ3n) is 8.67. The zero-order chi connectivity index (χ0) is 15.7. The van der Waals surface area contributed by atoms with Crippen LogP contribution in [0.2, 0.25) is 0 Å². The second-order valence-corrected chi connectivity index (χ2v) is 9.24. The Morgan fingerprint density at radius 3 is 2.41 bits per heavy atom. The van der Waals surface area contributed by atoms with Gasteiger partial charge in [-0.25, -0.2) is 0 Å². The lowest BCUT2D eigenvalue weighted by molar-refractivity contribution is -0.151. The Morgan fingerprint density at radius 1 is 0.864 bits per heavy atom. The van der Waals surface area contributed by atoms with E-state index in [4.69, 9.17) is 0 Å². The highest BCUT2D eigenvalue weighted by Crippen LogP contribution is 2.65. The van der Waals surface area contributed by atoms with Crippen LogP contribution in [0.5, 0.6) is 0 Å². The molecule has 4 aliphatic rings. The topological polar surface area (TPSA) is 34.1 Å². The zero-order valence-corrected chi connectivity index (χ0v) is 14.4. The summed E-state index contributed by atoms with van der Waals surface area (Å²) in [6.45, 7) is 6.91. The first-order valence-corrected chi connectivity index (χ1v) is 9.44. The van der Waals surface area contributed by atoms with Gasteiger partial charge in [0.15, 0.2) is 0 Å². The summed E-state index contributed by atoms with van der Waals surface area (Å²) >= 11 is 0. The van der Waals surface area contributed by atoms with E-state index >= 15 is 0 Å². The molecule has 0 aromatic carbocycles. The molecule has 0 bridgehead atoms. The molecule has 0 aliphatic heterocycles. The molecule has 0 amide bonds. The number of carbonyl (C=O) groups excluding carboxylic acids is 2. The monoisotopic (exact) mass is 302 g/mol. The van der Waals surface area contributed by atoms with E-state index in [1.165, 1.54) is 19.3 Å². The van der Waals surface area contributed by atoms with Gasteiger partial charge in [0.2, 0.25) is 0 Å². The molecule has 0 radical (unpaired) electrons. The van der Waals surface area contributed by atoms with E-state index in [-0.39, 0.29) is 11.3 Å². The van der Waals surface area contributed by atoms with Crippen molar-refractivity contribution in [2.24, 2.45) is 40.4 Å². The molecular weight excluding hydrogens is 272 g/mol. The van der Waals surface area contributed by atoms with E-state index in [0.29, 0.717) is 28.8 Å². The van der Waals surface area contributed by atoms with Crippen molar-refractivity contribution in [3.8, 4) is 0 Å². The fourth-order valence-corrected chi connectivity index (χ4v) is 7.29. The van der Waals surface area contributed by atoms with Crippen LogP contribution in [0.3, 0.4) is 0 Å². The Kier molecular flexibility index (Phi) is 3.17. The minimum absolute atomic E-state index is 0.0134. The number of hydrogen-bond acceptors (Lipinski definition) is 2. The Labute approximate surface area is 134 Å². The highest BCUT2D eigenvalue weighted by atomic mass is 16.1. The molecule has 0 saturated heterocycles. The number of carbonyl (C=O) groups is 2. The number of hydrogen-bond donors (Lipinski definition) is 0. The van der Waals surface area contributed by atoms with Gasteiger partial charge >= 0.3 is 0 Å². The van der Waals surface area contributed by atoms with Gasteiger partial charge in [-0.05, 0) is 67.6 Å². The molecule has 0 aromatic rings. The maximum Gasteiger partial charge on any atom is 0.139 e. The maximum absolute atomic E-state index is 12.4. The Balaban J connectivity index is 1.67. The molecule has 2 heteroatoms. The minimum Gasteiger partial charge on any atom is -0.299 e. The molecule has 0 spiro atoms.